The van der Waals surface area contributed by atoms with Gasteiger partial charge in [0.2, 0.25) is 0 Å². The summed E-state index contributed by atoms with van der Waals surface area (Å²) in [5.74, 6) is -0.962. The maximum atomic E-state index is 12.9. The van der Waals surface area contributed by atoms with Crippen molar-refractivity contribution in [3.63, 3.8) is 0 Å². The molecule has 11 heteroatoms. The fourth-order valence-electron chi connectivity index (χ4n) is 3.99. The maximum Gasteiger partial charge on any atom is 0.573 e. The summed E-state index contributed by atoms with van der Waals surface area (Å²) in [6.07, 6.45) is -5.52. The fourth-order valence-corrected chi connectivity index (χ4v) is 3.99. The van der Waals surface area contributed by atoms with E-state index in [-0.39, 0.29) is 16.9 Å². The van der Waals surface area contributed by atoms with E-state index < -0.39 is 49.1 Å². The van der Waals surface area contributed by atoms with Crippen molar-refractivity contribution in [3.8, 4) is 17.0 Å². The van der Waals surface area contributed by atoms with Crippen molar-refractivity contribution < 1.29 is 38.0 Å². The van der Waals surface area contributed by atoms with E-state index >= 15 is 0 Å². The van der Waals surface area contributed by atoms with Crippen LogP contribution in [0, 0.1) is 0 Å². The SMILES string of the molecule is OC[C@H]1OC([C@H]2CCC=Nc3c(-c4ccccc4OC(F)(F)F)ncnc32)[C@H](O)[C@@H]1O. The smallest absolute Gasteiger partial charge is 0.405 e. The van der Waals surface area contributed by atoms with Crippen LogP contribution in [0.4, 0.5) is 18.9 Å². The van der Waals surface area contributed by atoms with Crippen LogP contribution in [-0.4, -0.2) is 68.9 Å². The van der Waals surface area contributed by atoms with Gasteiger partial charge in [-0.05, 0) is 25.0 Å². The Morgan fingerprint density at radius 2 is 1.90 bits per heavy atom. The molecule has 166 valence electrons. The van der Waals surface area contributed by atoms with Crippen molar-refractivity contribution in [2.24, 2.45) is 4.99 Å². The largest absolute Gasteiger partial charge is 0.573 e. The molecule has 0 amide bonds. The van der Waals surface area contributed by atoms with Crippen molar-refractivity contribution in [2.45, 2.75) is 49.5 Å². The summed E-state index contributed by atoms with van der Waals surface area (Å²) in [5, 5.41) is 30.0. The summed E-state index contributed by atoms with van der Waals surface area (Å²) in [6, 6.07) is 5.58. The summed E-state index contributed by atoms with van der Waals surface area (Å²) >= 11 is 0. The molecule has 3 heterocycles. The lowest BCUT2D eigenvalue weighted by molar-refractivity contribution is -0.274. The predicted molar refractivity (Wildman–Crippen MR) is 102 cm³/mol. The Morgan fingerprint density at radius 3 is 2.61 bits per heavy atom. The number of aliphatic hydroxyl groups is 3. The number of nitrogens with zero attached hydrogens (tertiary/aromatic N) is 3. The van der Waals surface area contributed by atoms with Gasteiger partial charge in [-0.1, -0.05) is 12.1 Å². The minimum atomic E-state index is -4.89. The minimum Gasteiger partial charge on any atom is -0.405 e. The van der Waals surface area contributed by atoms with Gasteiger partial charge in [-0.25, -0.2) is 9.97 Å². The van der Waals surface area contributed by atoms with E-state index in [4.69, 9.17) is 4.74 Å². The Bertz CT molecular complexity index is 971. The highest BCUT2D eigenvalue weighted by Gasteiger charge is 2.47. The number of alkyl halides is 3. The van der Waals surface area contributed by atoms with Crippen molar-refractivity contribution in [1.82, 2.24) is 9.97 Å². The number of aliphatic hydroxyl groups excluding tert-OH is 3. The molecule has 2 aromatic rings. The molecule has 0 bridgehead atoms. The molecule has 0 saturated carbocycles. The number of para-hydroxylation sites is 1. The van der Waals surface area contributed by atoms with E-state index in [1.54, 1.807) is 12.3 Å². The molecule has 0 aliphatic carbocycles. The highest BCUT2D eigenvalue weighted by molar-refractivity contribution is 5.81. The zero-order valence-corrected chi connectivity index (χ0v) is 16.1. The first-order chi connectivity index (χ1) is 14.8. The zero-order valence-electron chi connectivity index (χ0n) is 16.1. The molecule has 1 aromatic heterocycles. The Labute approximate surface area is 175 Å². The third-order valence-corrected chi connectivity index (χ3v) is 5.37. The van der Waals surface area contributed by atoms with E-state index in [1.165, 1.54) is 24.5 Å². The Morgan fingerprint density at radius 1 is 1.13 bits per heavy atom. The molecule has 1 saturated heterocycles. The van der Waals surface area contributed by atoms with E-state index in [1.807, 2.05) is 0 Å². The quantitative estimate of drug-likeness (QED) is 0.668. The monoisotopic (exact) mass is 439 g/mol. The van der Waals surface area contributed by atoms with Gasteiger partial charge in [-0.2, -0.15) is 0 Å². The summed E-state index contributed by atoms with van der Waals surface area (Å²) in [7, 11) is 0. The highest BCUT2D eigenvalue weighted by atomic mass is 19.4. The van der Waals surface area contributed by atoms with Gasteiger partial charge >= 0.3 is 6.36 Å². The molecule has 5 atom stereocenters. The number of fused-ring (bicyclic) bond motifs is 1. The van der Waals surface area contributed by atoms with E-state index in [2.05, 4.69) is 19.7 Å². The summed E-state index contributed by atoms with van der Waals surface area (Å²) in [4.78, 5) is 12.8. The van der Waals surface area contributed by atoms with Crippen molar-refractivity contribution in [2.75, 3.05) is 6.61 Å². The second-order valence-electron chi connectivity index (χ2n) is 7.30. The van der Waals surface area contributed by atoms with Gasteiger partial charge in [0.15, 0.2) is 0 Å². The number of rotatable bonds is 4. The van der Waals surface area contributed by atoms with Crippen LogP contribution >= 0.6 is 0 Å². The van der Waals surface area contributed by atoms with Gasteiger partial charge in [0.1, 0.15) is 41.8 Å². The van der Waals surface area contributed by atoms with Crippen LogP contribution in [0.15, 0.2) is 35.6 Å². The van der Waals surface area contributed by atoms with Crippen molar-refractivity contribution >= 4 is 11.9 Å². The fraction of sp³-hybridized carbons (Fsp3) is 0.450. The molecule has 1 aromatic carbocycles. The predicted octanol–water partition coefficient (Wildman–Crippen LogP) is 2.10. The number of hydrogen-bond acceptors (Lipinski definition) is 8. The molecule has 2 aliphatic heterocycles. The Hall–Kier alpha value is -2.60. The lowest BCUT2D eigenvalue weighted by Crippen LogP contribution is -2.36. The van der Waals surface area contributed by atoms with Crippen LogP contribution in [0.2, 0.25) is 0 Å². The molecular formula is C20H20F3N3O5. The Kier molecular flexibility index (Phi) is 5.93. The molecule has 3 N–H and O–H groups in total. The number of aromatic nitrogens is 2. The molecule has 1 unspecified atom stereocenters. The first kappa shape index (κ1) is 21.6. The lowest BCUT2D eigenvalue weighted by atomic mass is 9.88. The van der Waals surface area contributed by atoms with E-state index in [9.17, 15) is 28.5 Å². The van der Waals surface area contributed by atoms with Gasteiger partial charge in [-0.3, -0.25) is 4.99 Å². The average Bonchev–Trinajstić information content (AvgIpc) is 2.90. The van der Waals surface area contributed by atoms with E-state index in [0.717, 1.165) is 0 Å². The van der Waals surface area contributed by atoms with E-state index in [0.29, 0.717) is 18.5 Å². The third-order valence-electron chi connectivity index (χ3n) is 5.37. The van der Waals surface area contributed by atoms with Gasteiger partial charge in [0, 0.05) is 17.7 Å². The minimum absolute atomic E-state index is 0.0810. The van der Waals surface area contributed by atoms with Gasteiger partial charge in [0.05, 0.1) is 18.4 Å². The molecule has 31 heavy (non-hydrogen) atoms. The second-order valence-corrected chi connectivity index (χ2v) is 7.30. The van der Waals surface area contributed by atoms with Crippen LogP contribution in [0.25, 0.3) is 11.3 Å². The number of halogens is 3. The zero-order chi connectivity index (χ0) is 22.2. The third kappa shape index (κ3) is 4.26. The highest BCUT2D eigenvalue weighted by Crippen LogP contribution is 2.44. The van der Waals surface area contributed by atoms with Crippen LogP contribution in [0.5, 0.6) is 5.75 Å². The number of hydrogen-bond donors (Lipinski definition) is 3. The molecule has 1 fully saturated rings. The molecule has 8 nitrogen and oxygen atoms in total. The number of ether oxygens (including phenoxy) is 2. The Balaban J connectivity index is 1.78. The van der Waals surface area contributed by atoms with Crippen molar-refractivity contribution in [3.05, 3.63) is 36.3 Å². The second kappa shape index (κ2) is 8.50. The van der Waals surface area contributed by atoms with Gasteiger partial charge in [-0.15, -0.1) is 13.2 Å². The average molecular weight is 439 g/mol. The van der Waals surface area contributed by atoms with Gasteiger partial charge in [0.25, 0.3) is 0 Å². The van der Waals surface area contributed by atoms with Crippen LogP contribution < -0.4 is 4.74 Å². The summed E-state index contributed by atoms with van der Waals surface area (Å²) in [6.45, 7) is -0.470. The molecule has 0 radical (unpaired) electrons. The number of benzene rings is 1. The normalized spacial score (nSPS) is 28.3. The van der Waals surface area contributed by atoms with Crippen LogP contribution in [0.1, 0.15) is 24.5 Å². The number of aliphatic imine (C=N–C) groups is 1. The lowest BCUT2D eigenvalue weighted by Gasteiger charge is -2.25. The topological polar surface area (TPSA) is 117 Å². The molecule has 0 spiro atoms. The van der Waals surface area contributed by atoms with Crippen molar-refractivity contribution in [1.29, 1.82) is 0 Å². The standard InChI is InChI=1S/C20H20F3N3O5/c21-20(22,23)31-12-6-2-1-4-10(12)14-16-15(26-9-25-14)11(5-3-7-24-16)19-18(29)17(28)13(8-27)30-19/h1-2,4,6-7,9,11,13,17-19,27-29H,3,5,8H2/t11-,13+,17+,18+,19?/m0/s1. The van der Waals surface area contributed by atoms with Gasteiger partial charge < -0.3 is 24.8 Å². The van der Waals surface area contributed by atoms with Crippen LogP contribution in [-0.2, 0) is 4.74 Å². The first-order valence-corrected chi connectivity index (χ1v) is 9.65. The first-order valence-electron chi connectivity index (χ1n) is 9.65. The maximum absolute atomic E-state index is 12.9. The molecule has 4 rings (SSSR count). The molecule has 2 aliphatic rings. The molecular weight excluding hydrogens is 419 g/mol. The van der Waals surface area contributed by atoms with Crippen LogP contribution in [0.3, 0.4) is 0 Å². The summed E-state index contributed by atoms with van der Waals surface area (Å²) < 4.78 is 48.5. The summed E-state index contributed by atoms with van der Waals surface area (Å²) in [5.41, 5.74) is 0.827.